The molecular formula is C11H17BN2O4. The second kappa shape index (κ2) is 5.37. The topological polar surface area (TPSA) is 91.7 Å². The van der Waals surface area contributed by atoms with E-state index in [1.165, 1.54) is 12.3 Å². The summed E-state index contributed by atoms with van der Waals surface area (Å²) in [4.78, 5) is 15.5. The van der Waals surface area contributed by atoms with Gasteiger partial charge in [-0.15, -0.1) is 0 Å². The molecule has 0 aliphatic heterocycles. The minimum atomic E-state index is -1.58. The third kappa shape index (κ3) is 4.35. The molecule has 7 heteroatoms. The molecule has 1 aromatic heterocycles. The standard InChI is InChI=1S/C11H17BN2O4/c1-7-5-8(12(16)17)6-13-9(7)14-10(15)18-11(2,3)4/h5-6,16-17H,1-4H3,(H,13,14,15). The number of aromatic nitrogens is 1. The summed E-state index contributed by atoms with van der Waals surface area (Å²) < 4.78 is 5.09. The van der Waals surface area contributed by atoms with Gasteiger partial charge >= 0.3 is 13.2 Å². The lowest BCUT2D eigenvalue weighted by atomic mass is 9.81. The van der Waals surface area contributed by atoms with Gasteiger partial charge in [0.15, 0.2) is 0 Å². The van der Waals surface area contributed by atoms with Crippen molar-refractivity contribution < 1.29 is 19.6 Å². The molecule has 1 amide bonds. The Balaban J connectivity index is 2.77. The van der Waals surface area contributed by atoms with E-state index >= 15 is 0 Å². The Kier molecular flexibility index (Phi) is 4.31. The van der Waals surface area contributed by atoms with Crippen molar-refractivity contribution in [3.63, 3.8) is 0 Å². The Morgan fingerprint density at radius 1 is 1.44 bits per heavy atom. The van der Waals surface area contributed by atoms with E-state index in [0.717, 1.165) is 0 Å². The molecular weight excluding hydrogens is 235 g/mol. The van der Waals surface area contributed by atoms with Crippen LogP contribution >= 0.6 is 0 Å². The predicted molar refractivity (Wildman–Crippen MR) is 68.7 cm³/mol. The maximum absolute atomic E-state index is 11.5. The quantitative estimate of drug-likeness (QED) is 0.663. The van der Waals surface area contributed by atoms with E-state index < -0.39 is 18.8 Å². The van der Waals surface area contributed by atoms with Gasteiger partial charge in [0.2, 0.25) is 0 Å². The molecule has 3 N–H and O–H groups in total. The molecule has 98 valence electrons. The summed E-state index contributed by atoms with van der Waals surface area (Å²) in [7, 11) is -1.58. The second-order valence-corrected chi connectivity index (χ2v) is 4.93. The van der Waals surface area contributed by atoms with Crippen LogP contribution in [0.25, 0.3) is 0 Å². The van der Waals surface area contributed by atoms with Gasteiger partial charge in [0, 0.05) is 11.7 Å². The fourth-order valence-electron chi connectivity index (χ4n) is 1.27. The first-order valence-corrected chi connectivity index (χ1v) is 5.52. The zero-order valence-corrected chi connectivity index (χ0v) is 10.9. The summed E-state index contributed by atoms with van der Waals surface area (Å²) >= 11 is 0. The Morgan fingerprint density at radius 2 is 2.06 bits per heavy atom. The number of pyridine rings is 1. The van der Waals surface area contributed by atoms with E-state index in [9.17, 15) is 4.79 Å². The molecule has 18 heavy (non-hydrogen) atoms. The Labute approximate surface area is 106 Å². The average Bonchev–Trinajstić information content (AvgIpc) is 2.17. The summed E-state index contributed by atoms with van der Waals surface area (Å²) in [5, 5.41) is 20.5. The molecule has 0 radical (unpaired) electrons. The summed E-state index contributed by atoms with van der Waals surface area (Å²) in [5.74, 6) is 0.327. The number of ether oxygens (including phenoxy) is 1. The highest BCUT2D eigenvalue weighted by molar-refractivity contribution is 6.58. The summed E-state index contributed by atoms with van der Waals surface area (Å²) in [6, 6.07) is 1.53. The van der Waals surface area contributed by atoms with Gasteiger partial charge < -0.3 is 14.8 Å². The lowest BCUT2D eigenvalue weighted by molar-refractivity contribution is 0.0635. The van der Waals surface area contributed by atoms with E-state index in [4.69, 9.17) is 14.8 Å². The zero-order valence-electron chi connectivity index (χ0n) is 10.9. The summed E-state index contributed by atoms with van der Waals surface area (Å²) in [5.41, 5.74) is 0.299. The van der Waals surface area contributed by atoms with Gasteiger partial charge in [-0.25, -0.2) is 9.78 Å². The van der Waals surface area contributed by atoms with Crippen LogP contribution in [-0.4, -0.2) is 33.8 Å². The Hall–Kier alpha value is -1.60. The van der Waals surface area contributed by atoms with E-state index in [2.05, 4.69) is 10.3 Å². The van der Waals surface area contributed by atoms with Crippen LogP contribution in [0.3, 0.4) is 0 Å². The van der Waals surface area contributed by atoms with Gasteiger partial charge in [-0.3, -0.25) is 5.32 Å². The molecule has 0 unspecified atom stereocenters. The van der Waals surface area contributed by atoms with Gasteiger partial charge in [0.1, 0.15) is 11.4 Å². The SMILES string of the molecule is Cc1cc(B(O)O)cnc1NC(=O)OC(C)(C)C. The van der Waals surface area contributed by atoms with Crippen LogP contribution in [0, 0.1) is 6.92 Å². The first kappa shape index (κ1) is 14.5. The smallest absolute Gasteiger partial charge is 0.444 e. The average molecular weight is 252 g/mol. The van der Waals surface area contributed by atoms with Crippen molar-refractivity contribution in [2.45, 2.75) is 33.3 Å². The Morgan fingerprint density at radius 3 is 2.50 bits per heavy atom. The molecule has 0 aromatic carbocycles. The molecule has 1 rings (SSSR count). The van der Waals surface area contributed by atoms with Crippen molar-refractivity contribution in [3.05, 3.63) is 17.8 Å². The molecule has 1 aromatic rings. The zero-order chi connectivity index (χ0) is 13.9. The minimum Gasteiger partial charge on any atom is -0.444 e. The molecule has 6 nitrogen and oxygen atoms in total. The Bertz CT molecular complexity index is 443. The highest BCUT2D eigenvalue weighted by Crippen LogP contribution is 2.12. The van der Waals surface area contributed by atoms with Crippen molar-refractivity contribution in [1.82, 2.24) is 4.98 Å². The lowest BCUT2D eigenvalue weighted by Crippen LogP contribution is -2.31. The number of amides is 1. The summed E-state index contributed by atoms with van der Waals surface area (Å²) in [6.07, 6.45) is 0.681. The van der Waals surface area contributed by atoms with Crippen LogP contribution in [0.4, 0.5) is 10.6 Å². The third-order valence-electron chi connectivity index (χ3n) is 2.02. The predicted octanol–water partition coefficient (Wildman–Crippen LogP) is 0.417. The van der Waals surface area contributed by atoms with Crippen LogP contribution < -0.4 is 10.8 Å². The van der Waals surface area contributed by atoms with Crippen LogP contribution in [0.15, 0.2) is 12.3 Å². The molecule has 0 aliphatic rings. The fourth-order valence-corrected chi connectivity index (χ4v) is 1.27. The van der Waals surface area contributed by atoms with Gasteiger partial charge in [0.25, 0.3) is 0 Å². The first-order valence-electron chi connectivity index (χ1n) is 5.52. The van der Waals surface area contributed by atoms with E-state index in [-0.39, 0.29) is 5.46 Å². The maximum Gasteiger partial charge on any atom is 0.490 e. The molecule has 0 fully saturated rings. The molecule has 0 saturated carbocycles. The van der Waals surface area contributed by atoms with Crippen molar-refractivity contribution in [1.29, 1.82) is 0 Å². The van der Waals surface area contributed by atoms with E-state index in [1.807, 2.05) is 0 Å². The van der Waals surface area contributed by atoms with Crippen molar-refractivity contribution >= 4 is 24.5 Å². The number of carbonyl (C=O) groups excluding carboxylic acids is 1. The fraction of sp³-hybridized carbons (Fsp3) is 0.455. The van der Waals surface area contributed by atoms with Crippen LogP contribution in [0.1, 0.15) is 26.3 Å². The third-order valence-corrected chi connectivity index (χ3v) is 2.02. The lowest BCUT2D eigenvalue weighted by Gasteiger charge is -2.19. The molecule has 0 atom stereocenters. The number of rotatable bonds is 2. The number of nitrogens with zero attached hydrogens (tertiary/aromatic N) is 1. The summed E-state index contributed by atoms with van der Waals surface area (Å²) in [6.45, 7) is 6.99. The number of hydrogen-bond acceptors (Lipinski definition) is 5. The van der Waals surface area contributed by atoms with Crippen LogP contribution in [-0.2, 0) is 4.74 Å². The van der Waals surface area contributed by atoms with Crippen molar-refractivity contribution in [2.75, 3.05) is 5.32 Å². The van der Waals surface area contributed by atoms with Crippen molar-refractivity contribution in [3.8, 4) is 0 Å². The number of aryl methyl sites for hydroxylation is 1. The normalized spacial score (nSPS) is 11.0. The van der Waals surface area contributed by atoms with E-state index in [0.29, 0.717) is 11.4 Å². The van der Waals surface area contributed by atoms with E-state index in [1.54, 1.807) is 27.7 Å². The number of hydrogen-bond donors (Lipinski definition) is 3. The number of anilines is 1. The molecule has 0 bridgehead atoms. The highest BCUT2D eigenvalue weighted by Gasteiger charge is 2.18. The van der Waals surface area contributed by atoms with Crippen LogP contribution in [0.2, 0.25) is 0 Å². The molecule has 0 spiro atoms. The van der Waals surface area contributed by atoms with Crippen molar-refractivity contribution in [2.24, 2.45) is 0 Å². The van der Waals surface area contributed by atoms with Gasteiger partial charge in [-0.05, 0) is 33.3 Å². The maximum atomic E-state index is 11.5. The number of nitrogens with one attached hydrogen (secondary N) is 1. The highest BCUT2D eigenvalue weighted by atomic mass is 16.6. The minimum absolute atomic E-state index is 0.266. The number of carbonyl (C=O) groups is 1. The second-order valence-electron chi connectivity index (χ2n) is 4.93. The molecule has 0 aliphatic carbocycles. The van der Waals surface area contributed by atoms with Gasteiger partial charge in [-0.2, -0.15) is 0 Å². The monoisotopic (exact) mass is 252 g/mol. The largest absolute Gasteiger partial charge is 0.490 e. The molecule has 1 heterocycles. The molecule has 0 saturated heterocycles. The van der Waals surface area contributed by atoms with Gasteiger partial charge in [-0.1, -0.05) is 6.07 Å². The van der Waals surface area contributed by atoms with Gasteiger partial charge in [0.05, 0.1) is 0 Å². The first-order chi connectivity index (χ1) is 8.19. The van der Waals surface area contributed by atoms with Crippen LogP contribution in [0.5, 0.6) is 0 Å².